The van der Waals surface area contributed by atoms with Crippen LogP contribution in [0.15, 0.2) is 0 Å². The highest BCUT2D eigenvalue weighted by molar-refractivity contribution is 5.86. The first-order valence-electron chi connectivity index (χ1n) is 6.75. The number of carboxylic acid groups (broad SMARTS) is 1. The van der Waals surface area contributed by atoms with Gasteiger partial charge in [0.25, 0.3) is 0 Å². The summed E-state index contributed by atoms with van der Waals surface area (Å²) in [5.41, 5.74) is 1.34. The molecule has 0 amide bonds. The Bertz CT molecular complexity index is 499. The van der Waals surface area contributed by atoms with Crippen molar-refractivity contribution in [3.05, 3.63) is 0 Å². The van der Waals surface area contributed by atoms with Crippen LogP contribution in [-0.2, 0) is 4.79 Å². The summed E-state index contributed by atoms with van der Waals surface area (Å²) in [6.07, 6.45) is 2.06. The standard InChI is InChI=1S/C14H17F2NO2/c15-13-5-1-2-9-12(8-17,6-4-11(18)19)10(3-7-13)14(9,13)16/h9-10H,1-3,5,7-8,17H2,(H,18,19)/t9?,10-,12+,13-,14-/m1/s1. The maximum Gasteiger partial charge on any atom is 0.381 e. The van der Waals surface area contributed by atoms with Crippen LogP contribution in [0.1, 0.15) is 32.1 Å². The highest BCUT2D eigenvalue weighted by atomic mass is 19.2. The lowest BCUT2D eigenvalue weighted by molar-refractivity contribution is -0.235. The smallest absolute Gasteiger partial charge is 0.381 e. The number of halogens is 2. The van der Waals surface area contributed by atoms with E-state index in [0.717, 1.165) is 0 Å². The van der Waals surface area contributed by atoms with Gasteiger partial charge in [-0.15, -0.1) is 0 Å². The van der Waals surface area contributed by atoms with Gasteiger partial charge in [0.2, 0.25) is 0 Å². The van der Waals surface area contributed by atoms with E-state index < -0.39 is 34.6 Å². The molecule has 3 fully saturated rings. The van der Waals surface area contributed by atoms with Crippen molar-refractivity contribution in [3.63, 3.8) is 0 Å². The molecule has 3 nitrogen and oxygen atoms in total. The average molecular weight is 269 g/mol. The summed E-state index contributed by atoms with van der Waals surface area (Å²) >= 11 is 0. The molecule has 3 aliphatic carbocycles. The molecule has 0 spiro atoms. The number of hydrogen-bond acceptors (Lipinski definition) is 2. The minimum absolute atomic E-state index is 0.102. The topological polar surface area (TPSA) is 63.3 Å². The zero-order chi connectivity index (χ0) is 13.9. The van der Waals surface area contributed by atoms with Gasteiger partial charge < -0.3 is 10.8 Å². The van der Waals surface area contributed by atoms with Gasteiger partial charge in [0.1, 0.15) is 5.67 Å². The minimum Gasteiger partial charge on any atom is -0.472 e. The van der Waals surface area contributed by atoms with Gasteiger partial charge in [0, 0.05) is 24.3 Å². The van der Waals surface area contributed by atoms with E-state index in [1.165, 1.54) is 0 Å². The number of carbonyl (C=O) groups is 1. The molecule has 104 valence electrons. The fourth-order valence-electron chi connectivity index (χ4n) is 4.85. The molecule has 19 heavy (non-hydrogen) atoms. The molecule has 0 radical (unpaired) electrons. The fraction of sp³-hybridized carbons (Fsp3) is 0.786. The second-order valence-corrected chi connectivity index (χ2v) is 6.07. The van der Waals surface area contributed by atoms with Crippen LogP contribution in [0.2, 0.25) is 0 Å². The number of aliphatic carboxylic acids is 1. The largest absolute Gasteiger partial charge is 0.472 e. The Hall–Kier alpha value is -1.15. The Balaban J connectivity index is 2.03. The van der Waals surface area contributed by atoms with Gasteiger partial charge in [-0.2, -0.15) is 0 Å². The third kappa shape index (κ3) is 1.28. The third-order valence-corrected chi connectivity index (χ3v) is 5.58. The Morgan fingerprint density at radius 1 is 1.32 bits per heavy atom. The Morgan fingerprint density at radius 3 is 2.63 bits per heavy atom. The molecule has 3 saturated carbocycles. The van der Waals surface area contributed by atoms with Crippen LogP contribution in [-0.4, -0.2) is 29.0 Å². The Labute approximate surface area is 110 Å². The van der Waals surface area contributed by atoms with Crippen LogP contribution in [0, 0.1) is 29.1 Å². The number of hydrogen-bond donors (Lipinski definition) is 2. The molecular weight excluding hydrogens is 252 g/mol. The summed E-state index contributed by atoms with van der Waals surface area (Å²) in [5, 5.41) is 8.69. The predicted octanol–water partition coefficient (Wildman–Crippen LogP) is 1.66. The molecule has 0 bridgehead atoms. The van der Waals surface area contributed by atoms with E-state index in [2.05, 4.69) is 11.8 Å². The van der Waals surface area contributed by atoms with E-state index in [4.69, 9.17) is 10.8 Å². The molecule has 3 aliphatic rings. The van der Waals surface area contributed by atoms with Crippen molar-refractivity contribution in [1.82, 2.24) is 0 Å². The molecule has 1 unspecified atom stereocenters. The number of rotatable bonds is 1. The summed E-state index contributed by atoms with van der Waals surface area (Å²) in [6, 6.07) is 0. The van der Waals surface area contributed by atoms with Crippen molar-refractivity contribution in [2.75, 3.05) is 6.54 Å². The van der Waals surface area contributed by atoms with Crippen LogP contribution in [0.4, 0.5) is 8.78 Å². The molecule has 5 heteroatoms. The van der Waals surface area contributed by atoms with Gasteiger partial charge in [0.15, 0.2) is 5.67 Å². The molecule has 3 N–H and O–H groups in total. The molecular formula is C14H17F2NO2. The maximum absolute atomic E-state index is 15.1. The van der Waals surface area contributed by atoms with Crippen molar-refractivity contribution in [3.8, 4) is 11.8 Å². The molecule has 0 saturated heterocycles. The molecule has 0 aromatic heterocycles. The first-order valence-corrected chi connectivity index (χ1v) is 6.75. The second-order valence-electron chi connectivity index (χ2n) is 6.07. The zero-order valence-electron chi connectivity index (χ0n) is 10.6. The fourth-order valence-corrected chi connectivity index (χ4v) is 4.85. The van der Waals surface area contributed by atoms with Gasteiger partial charge >= 0.3 is 5.97 Å². The van der Waals surface area contributed by atoms with Gasteiger partial charge in [-0.3, -0.25) is 0 Å². The van der Waals surface area contributed by atoms with Crippen molar-refractivity contribution in [1.29, 1.82) is 0 Å². The van der Waals surface area contributed by atoms with E-state index in [1.807, 2.05) is 0 Å². The van der Waals surface area contributed by atoms with Crippen molar-refractivity contribution in [2.24, 2.45) is 23.0 Å². The Kier molecular flexibility index (Phi) is 2.50. The lowest BCUT2D eigenvalue weighted by atomic mass is 9.41. The van der Waals surface area contributed by atoms with Gasteiger partial charge in [-0.25, -0.2) is 13.6 Å². The SMILES string of the molecule is NC[C@@]1(C#CC(=O)O)C2CCC[C@@]3(F)CC[C@H]1[C@]23F. The molecule has 3 rings (SSSR count). The highest BCUT2D eigenvalue weighted by Gasteiger charge is 2.81. The number of nitrogens with two attached hydrogens (primary N) is 1. The van der Waals surface area contributed by atoms with Crippen molar-refractivity contribution in [2.45, 2.75) is 43.4 Å². The van der Waals surface area contributed by atoms with Crippen molar-refractivity contribution >= 4 is 5.97 Å². The van der Waals surface area contributed by atoms with Crippen molar-refractivity contribution < 1.29 is 18.7 Å². The summed E-state index contributed by atoms with van der Waals surface area (Å²) < 4.78 is 29.9. The van der Waals surface area contributed by atoms with E-state index in [1.54, 1.807) is 0 Å². The van der Waals surface area contributed by atoms with Gasteiger partial charge in [-0.05, 0) is 32.1 Å². The quantitative estimate of drug-likeness (QED) is 0.712. The van der Waals surface area contributed by atoms with Crippen LogP contribution in [0.25, 0.3) is 0 Å². The predicted molar refractivity (Wildman–Crippen MR) is 64.6 cm³/mol. The van der Waals surface area contributed by atoms with E-state index >= 15 is 4.39 Å². The molecule has 0 aliphatic heterocycles. The number of carboxylic acids is 1. The summed E-state index contributed by atoms with van der Waals surface area (Å²) in [6.45, 7) is 0.102. The van der Waals surface area contributed by atoms with Gasteiger partial charge in [0.05, 0.1) is 5.41 Å². The zero-order valence-corrected chi connectivity index (χ0v) is 10.6. The Morgan fingerprint density at radius 2 is 2.00 bits per heavy atom. The summed E-state index contributed by atoms with van der Waals surface area (Å²) in [7, 11) is 0. The van der Waals surface area contributed by atoms with E-state index in [0.29, 0.717) is 19.3 Å². The lowest BCUT2D eigenvalue weighted by Crippen LogP contribution is -2.74. The van der Waals surface area contributed by atoms with Crippen LogP contribution in [0.3, 0.4) is 0 Å². The molecule has 0 aromatic carbocycles. The van der Waals surface area contributed by atoms with Crippen LogP contribution in [0.5, 0.6) is 0 Å². The first kappa shape index (κ1) is 12.9. The lowest BCUT2D eigenvalue weighted by Gasteiger charge is -2.64. The third-order valence-electron chi connectivity index (χ3n) is 5.58. The minimum atomic E-state index is -1.84. The average Bonchev–Trinajstić information content (AvgIpc) is 2.64. The molecule has 5 atom stereocenters. The summed E-state index contributed by atoms with van der Waals surface area (Å²) in [5.74, 6) is 2.40. The first-order chi connectivity index (χ1) is 8.91. The van der Waals surface area contributed by atoms with E-state index in [-0.39, 0.29) is 19.4 Å². The van der Waals surface area contributed by atoms with Crippen LogP contribution < -0.4 is 5.73 Å². The van der Waals surface area contributed by atoms with E-state index in [9.17, 15) is 9.18 Å². The second kappa shape index (κ2) is 3.69. The normalized spacial score (nSPS) is 50.7. The van der Waals surface area contributed by atoms with Gasteiger partial charge in [-0.1, -0.05) is 5.92 Å². The van der Waals surface area contributed by atoms with Crippen LogP contribution >= 0.6 is 0 Å². The molecule has 0 aromatic rings. The monoisotopic (exact) mass is 269 g/mol. The molecule has 0 heterocycles. The number of alkyl halides is 2. The highest BCUT2D eigenvalue weighted by Crippen LogP contribution is 2.75. The summed E-state index contributed by atoms with van der Waals surface area (Å²) in [4.78, 5) is 10.6. The maximum atomic E-state index is 15.1.